The molecule has 29 heavy (non-hydrogen) atoms. The molecular formula is C23H28N4OS. The highest BCUT2D eigenvalue weighted by atomic mass is 32.1. The average molecular weight is 409 g/mol. The lowest BCUT2D eigenvalue weighted by atomic mass is 10.0. The number of rotatable bonds is 6. The molecule has 152 valence electrons. The van der Waals surface area contributed by atoms with Crippen molar-refractivity contribution in [3.05, 3.63) is 71.0 Å². The number of nitrogens with one attached hydrogen (secondary N) is 1. The first-order valence-electron chi connectivity index (χ1n) is 10.3. The second kappa shape index (κ2) is 8.93. The molecule has 3 aromatic rings. The normalized spacial score (nSPS) is 15.7. The van der Waals surface area contributed by atoms with Crippen LogP contribution in [-0.2, 0) is 6.54 Å². The van der Waals surface area contributed by atoms with Gasteiger partial charge in [-0.2, -0.15) is 0 Å². The van der Waals surface area contributed by atoms with E-state index in [2.05, 4.69) is 54.4 Å². The van der Waals surface area contributed by atoms with Crippen LogP contribution in [0.25, 0.3) is 5.13 Å². The van der Waals surface area contributed by atoms with Crippen molar-refractivity contribution in [1.82, 2.24) is 19.8 Å². The fourth-order valence-corrected chi connectivity index (χ4v) is 4.87. The third-order valence-electron chi connectivity index (χ3n) is 5.39. The first-order valence-corrected chi connectivity index (χ1v) is 11.1. The molecule has 1 N–H and O–H groups in total. The largest absolute Gasteiger partial charge is 0.348 e. The summed E-state index contributed by atoms with van der Waals surface area (Å²) in [6.07, 6.45) is 5.90. The summed E-state index contributed by atoms with van der Waals surface area (Å²) in [7, 11) is 0. The smallest absolute Gasteiger partial charge is 0.263 e. The van der Waals surface area contributed by atoms with E-state index in [0.717, 1.165) is 48.2 Å². The van der Waals surface area contributed by atoms with Gasteiger partial charge in [0.05, 0.1) is 5.69 Å². The van der Waals surface area contributed by atoms with Crippen molar-refractivity contribution < 1.29 is 4.79 Å². The summed E-state index contributed by atoms with van der Waals surface area (Å²) < 4.78 is 1.97. The molecule has 0 aliphatic carbocycles. The van der Waals surface area contributed by atoms with E-state index in [-0.39, 0.29) is 17.9 Å². The third-order valence-corrected chi connectivity index (χ3v) is 6.48. The second-order valence-electron chi connectivity index (χ2n) is 7.97. The number of likely N-dealkylation sites (tertiary alicyclic amines) is 1. The zero-order valence-electron chi connectivity index (χ0n) is 17.0. The van der Waals surface area contributed by atoms with Gasteiger partial charge < -0.3 is 9.88 Å². The van der Waals surface area contributed by atoms with Crippen LogP contribution < -0.4 is 5.32 Å². The van der Waals surface area contributed by atoms with Crippen LogP contribution in [0.4, 0.5) is 0 Å². The molecular weight excluding hydrogens is 380 g/mol. The number of carbonyl (C=O) groups is 1. The number of amides is 1. The van der Waals surface area contributed by atoms with Crippen molar-refractivity contribution in [2.75, 3.05) is 13.1 Å². The number of hydrogen-bond donors (Lipinski definition) is 1. The van der Waals surface area contributed by atoms with E-state index in [1.54, 1.807) is 0 Å². The summed E-state index contributed by atoms with van der Waals surface area (Å²) in [6, 6.07) is 14.8. The molecule has 4 rings (SSSR count). The maximum Gasteiger partial charge on any atom is 0.263 e. The molecule has 0 bridgehead atoms. The maximum absolute atomic E-state index is 13.0. The summed E-state index contributed by atoms with van der Waals surface area (Å²) in [5.74, 6) is 0.232. The minimum Gasteiger partial charge on any atom is -0.348 e. The van der Waals surface area contributed by atoms with Crippen LogP contribution in [0.15, 0.2) is 54.9 Å². The van der Waals surface area contributed by atoms with Crippen LogP contribution in [0.3, 0.4) is 0 Å². The van der Waals surface area contributed by atoms with Crippen LogP contribution in [0.2, 0.25) is 0 Å². The number of thiazole rings is 1. The SMILES string of the molecule is CC(C)c1nc(-n2cccc2)sc1C(=O)NC1CCN(Cc2ccccc2)CC1. The molecule has 0 spiro atoms. The van der Waals surface area contributed by atoms with Crippen LogP contribution >= 0.6 is 11.3 Å². The number of benzene rings is 1. The Morgan fingerprint density at radius 3 is 2.48 bits per heavy atom. The van der Waals surface area contributed by atoms with Gasteiger partial charge in [-0.1, -0.05) is 55.5 Å². The van der Waals surface area contributed by atoms with Gasteiger partial charge in [-0.25, -0.2) is 4.98 Å². The van der Waals surface area contributed by atoms with E-state index >= 15 is 0 Å². The molecule has 2 aromatic heterocycles. The van der Waals surface area contributed by atoms with Crippen molar-refractivity contribution in [3.8, 4) is 5.13 Å². The van der Waals surface area contributed by atoms with Gasteiger partial charge in [0.2, 0.25) is 0 Å². The quantitative estimate of drug-likeness (QED) is 0.655. The van der Waals surface area contributed by atoms with Crippen molar-refractivity contribution in [2.24, 2.45) is 0 Å². The number of nitrogens with zero attached hydrogens (tertiary/aromatic N) is 3. The first kappa shape index (κ1) is 19.9. The lowest BCUT2D eigenvalue weighted by molar-refractivity contribution is 0.0911. The molecule has 6 heteroatoms. The zero-order valence-corrected chi connectivity index (χ0v) is 17.9. The fraction of sp³-hybridized carbons (Fsp3) is 0.391. The van der Waals surface area contributed by atoms with Gasteiger partial charge in [-0.15, -0.1) is 0 Å². The minimum atomic E-state index is 0.0196. The highest BCUT2D eigenvalue weighted by Gasteiger charge is 2.25. The molecule has 1 aliphatic heterocycles. The highest BCUT2D eigenvalue weighted by Crippen LogP contribution is 2.28. The Morgan fingerprint density at radius 2 is 1.83 bits per heavy atom. The van der Waals surface area contributed by atoms with Crippen LogP contribution in [0, 0.1) is 0 Å². The van der Waals surface area contributed by atoms with Crippen LogP contribution in [-0.4, -0.2) is 39.5 Å². The summed E-state index contributed by atoms with van der Waals surface area (Å²) >= 11 is 1.47. The van der Waals surface area contributed by atoms with Crippen LogP contribution in [0.5, 0.6) is 0 Å². The maximum atomic E-state index is 13.0. The molecule has 0 unspecified atom stereocenters. The van der Waals surface area contributed by atoms with Crippen LogP contribution in [0.1, 0.15) is 53.5 Å². The number of hydrogen-bond acceptors (Lipinski definition) is 4. The molecule has 0 saturated carbocycles. The summed E-state index contributed by atoms with van der Waals surface area (Å²) in [6.45, 7) is 7.18. The molecule has 5 nitrogen and oxygen atoms in total. The summed E-state index contributed by atoms with van der Waals surface area (Å²) in [5.41, 5.74) is 2.23. The van der Waals surface area contributed by atoms with Crippen molar-refractivity contribution in [1.29, 1.82) is 0 Å². The Labute approximate surface area is 176 Å². The lowest BCUT2D eigenvalue weighted by Crippen LogP contribution is -2.44. The molecule has 1 fully saturated rings. The first-order chi connectivity index (χ1) is 14.1. The van der Waals surface area contributed by atoms with Gasteiger partial charge in [-0.05, 0) is 36.5 Å². The molecule has 1 saturated heterocycles. The van der Waals surface area contributed by atoms with E-state index in [9.17, 15) is 4.79 Å². The Morgan fingerprint density at radius 1 is 1.14 bits per heavy atom. The minimum absolute atomic E-state index is 0.0196. The van der Waals surface area contributed by atoms with Gasteiger partial charge in [0.25, 0.3) is 5.91 Å². The van der Waals surface area contributed by atoms with Gasteiger partial charge in [0.15, 0.2) is 5.13 Å². The predicted molar refractivity (Wildman–Crippen MR) is 118 cm³/mol. The third kappa shape index (κ3) is 4.77. The van der Waals surface area contributed by atoms with Crippen molar-refractivity contribution in [3.63, 3.8) is 0 Å². The zero-order chi connectivity index (χ0) is 20.2. The van der Waals surface area contributed by atoms with Gasteiger partial charge in [0.1, 0.15) is 4.88 Å². The summed E-state index contributed by atoms with van der Waals surface area (Å²) in [5, 5.41) is 4.12. The topological polar surface area (TPSA) is 50.2 Å². The van der Waals surface area contributed by atoms with E-state index in [0.29, 0.717) is 0 Å². The van der Waals surface area contributed by atoms with Crippen molar-refractivity contribution in [2.45, 2.75) is 45.2 Å². The van der Waals surface area contributed by atoms with E-state index < -0.39 is 0 Å². The molecule has 1 aromatic carbocycles. The highest BCUT2D eigenvalue weighted by molar-refractivity contribution is 7.16. The molecule has 0 radical (unpaired) electrons. The summed E-state index contributed by atoms with van der Waals surface area (Å²) in [4.78, 5) is 21.0. The Kier molecular flexibility index (Phi) is 6.11. The monoisotopic (exact) mass is 408 g/mol. The molecule has 0 atom stereocenters. The van der Waals surface area contributed by atoms with E-state index in [1.165, 1.54) is 16.9 Å². The number of piperidine rings is 1. The molecule has 1 aliphatic rings. The second-order valence-corrected chi connectivity index (χ2v) is 8.94. The molecule has 1 amide bonds. The van der Waals surface area contributed by atoms with Crippen molar-refractivity contribution >= 4 is 17.2 Å². The number of aromatic nitrogens is 2. The molecule has 3 heterocycles. The van der Waals surface area contributed by atoms with Gasteiger partial charge in [0, 0.05) is 38.1 Å². The van der Waals surface area contributed by atoms with E-state index in [4.69, 9.17) is 4.98 Å². The standard InChI is InChI=1S/C23H28N4OS/c1-17(2)20-21(29-23(25-20)27-12-6-7-13-27)22(28)24-19-10-14-26(15-11-19)16-18-8-4-3-5-9-18/h3-9,12-13,17,19H,10-11,14-16H2,1-2H3,(H,24,28). The lowest BCUT2D eigenvalue weighted by Gasteiger charge is -2.32. The Balaban J connectivity index is 1.37. The Bertz CT molecular complexity index is 925. The van der Waals surface area contributed by atoms with Gasteiger partial charge in [-0.3, -0.25) is 9.69 Å². The predicted octanol–water partition coefficient (Wildman–Crippen LogP) is 4.45. The van der Waals surface area contributed by atoms with E-state index in [1.807, 2.05) is 29.1 Å². The Hall–Kier alpha value is -2.44. The number of carbonyl (C=O) groups excluding carboxylic acids is 1. The fourth-order valence-electron chi connectivity index (χ4n) is 3.77. The average Bonchev–Trinajstić information content (AvgIpc) is 3.40. The van der Waals surface area contributed by atoms with Gasteiger partial charge >= 0.3 is 0 Å².